The van der Waals surface area contributed by atoms with Crippen molar-refractivity contribution in [2.75, 3.05) is 31.9 Å². The van der Waals surface area contributed by atoms with Crippen molar-refractivity contribution in [3.05, 3.63) is 0 Å². The van der Waals surface area contributed by atoms with Crippen molar-refractivity contribution in [1.29, 1.82) is 0 Å². The maximum atomic E-state index is 12.5. The first-order valence-electron chi connectivity index (χ1n) is 7.78. The van der Waals surface area contributed by atoms with Crippen molar-refractivity contribution in [2.24, 2.45) is 11.3 Å². The van der Waals surface area contributed by atoms with Crippen LogP contribution in [0.4, 0.5) is 0 Å². The molecule has 0 unspecified atom stereocenters. The van der Waals surface area contributed by atoms with Crippen molar-refractivity contribution in [1.82, 2.24) is 9.62 Å². The minimum atomic E-state index is -3.01. The number of hydrogen-bond donors (Lipinski definition) is 1. The molecule has 0 bridgehead atoms. The number of rotatable bonds is 3. The van der Waals surface area contributed by atoms with Gasteiger partial charge in [-0.05, 0) is 56.5 Å². The maximum absolute atomic E-state index is 12.5. The van der Waals surface area contributed by atoms with Crippen LogP contribution in [0.1, 0.15) is 44.9 Å². The van der Waals surface area contributed by atoms with E-state index in [0.717, 1.165) is 58.3 Å². The summed E-state index contributed by atoms with van der Waals surface area (Å²) in [5.41, 5.74) is 0.286. The number of sulfonamides is 1. The first-order chi connectivity index (χ1) is 9.10. The first-order valence-corrected chi connectivity index (χ1v) is 9.39. The van der Waals surface area contributed by atoms with Crippen molar-refractivity contribution < 1.29 is 8.42 Å². The van der Waals surface area contributed by atoms with E-state index in [-0.39, 0.29) is 17.8 Å². The Morgan fingerprint density at radius 3 is 2.40 bits per heavy atom. The standard InChI is InChI=1S/C14H26N2O2S.ClH/c17-19(18,11-13-3-1-2-4-13)16-10-7-14(12-16)5-8-15-9-6-14;/h13,15H,1-12H2;1H. The summed E-state index contributed by atoms with van der Waals surface area (Å²) in [7, 11) is -3.01. The fourth-order valence-electron chi connectivity index (χ4n) is 4.08. The molecule has 3 fully saturated rings. The van der Waals surface area contributed by atoms with Gasteiger partial charge in [-0.3, -0.25) is 0 Å². The Morgan fingerprint density at radius 2 is 1.75 bits per heavy atom. The molecule has 2 aliphatic heterocycles. The molecular formula is C14H27ClN2O2S. The zero-order chi connectivity index (χ0) is 13.3. The van der Waals surface area contributed by atoms with Gasteiger partial charge in [-0.15, -0.1) is 12.4 Å². The van der Waals surface area contributed by atoms with Gasteiger partial charge in [0.15, 0.2) is 0 Å². The number of piperidine rings is 1. The predicted octanol–water partition coefficient (Wildman–Crippen LogP) is 2.00. The summed E-state index contributed by atoms with van der Waals surface area (Å²) in [5, 5.41) is 3.38. The van der Waals surface area contributed by atoms with Gasteiger partial charge in [0.2, 0.25) is 10.0 Å². The highest BCUT2D eigenvalue weighted by Gasteiger charge is 2.43. The zero-order valence-electron chi connectivity index (χ0n) is 12.1. The van der Waals surface area contributed by atoms with Crippen molar-refractivity contribution >= 4 is 22.4 Å². The number of halogens is 1. The highest BCUT2D eigenvalue weighted by molar-refractivity contribution is 7.89. The number of hydrogen-bond acceptors (Lipinski definition) is 3. The monoisotopic (exact) mass is 322 g/mol. The van der Waals surface area contributed by atoms with E-state index in [9.17, 15) is 8.42 Å². The Bertz CT molecular complexity index is 415. The van der Waals surface area contributed by atoms with E-state index in [1.54, 1.807) is 4.31 Å². The van der Waals surface area contributed by atoms with Crippen LogP contribution in [0.25, 0.3) is 0 Å². The molecule has 2 heterocycles. The highest BCUT2D eigenvalue weighted by atomic mass is 35.5. The average molecular weight is 323 g/mol. The van der Waals surface area contributed by atoms with E-state index in [1.807, 2.05) is 0 Å². The summed E-state index contributed by atoms with van der Waals surface area (Å²) in [6.07, 6.45) is 8.01. The van der Waals surface area contributed by atoms with Gasteiger partial charge < -0.3 is 5.32 Å². The molecule has 6 heteroatoms. The second-order valence-electron chi connectivity index (χ2n) is 6.76. The molecule has 4 nitrogen and oxygen atoms in total. The number of nitrogens with one attached hydrogen (secondary N) is 1. The summed E-state index contributed by atoms with van der Waals surface area (Å²) in [6, 6.07) is 0. The third-order valence-corrected chi connectivity index (χ3v) is 7.37. The molecule has 1 N–H and O–H groups in total. The van der Waals surface area contributed by atoms with Gasteiger partial charge >= 0.3 is 0 Å². The molecule has 1 saturated carbocycles. The van der Waals surface area contributed by atoms with Crippen molar-refractivity contribution in [3.8, 4) is 0 Å². The Hall–Kier alpha value is 0.160. The molecule has 1 spiro atoms. The van der Waals surface area contributed by atoms with Crippen molar-refractivity contribution in [3.63, 3.8) is 0 Å². The SMILES string of the molecule is Cl.O=S(=O)(CC1CCCC1)N1CCC2(CCNCC2)C1. The minimum absolute atomic E-state index is 0. The van der Waals surface area contributed by atoms with Crippen LogP contribution in [0, 0.1) is 11.3 Å². The van der Waals surface area contributed by atoms with Crippen LogP contribution in [0.3, 0.4) is 0 Å². The molecule has 3 rings (SSSR count). The summed E-state index contributed by atoms with van der Waals surface area (Å²) in [6.45, 7) is 3.64. The van der Waals surface area contributed by atoms with E-state index in [0.29, 0.717) is 11.7 Å². The predicted molar refractivity (Wildman–Crippen MR) is 83.7 cm³/mol. The largest absolute Gasteiger partial charge is 0.317 e. The molecular weight excluding hydrogens is 296 g/mol. The third kappa shape index (κ3) is 3.49. The lowest BCUT2D eigenvalue weighted by atomic mass is 9.78. The van der Waals surface area contributed by atoms with E-state index in [2.05, 4.69) is 5.32 Å². The topological polar surface area (TPSA) is 49.4 Å². The fraction of sp³-hybridized carbons (Fsp3) is 1.00. The van der Waals surface area contributed by atoms with Gasteiger partial charge in [0.1, 0.15) is 0 Å². The van der Waals surface area contributed by atoms with Gasteiger partial charge in [-0.2, -0.15) is 0 Å². The second-order valence-corrected chi connectivity index (χ2v) is 8.78. The molecule has 20 heavy (non-hydrogen) atoms. The molecule has 0 aromatic carbocycles. The smallest absolute Gasteiger partial charge is 0.214 e. The molecule has 0 atom stereocenters. The van der Waals surface area contributed by atoms with E-state index < -0.39 is 10.0 Å². The van der Waals surface area contributed by atoms with Crippen LogP contribution in [-0.2, 0) is 10.0 Å². The quantitative estimate of drug-likeness (QED) is 0.864. The Morgan fingerprint density at radius 1 is 1.10 bits per heavy atom. The summed E-state index contributed by atoms with van der Waals surface area (Å²) in [4.78, 5) is 0. The summed E-state index contributed by atoms with van der Waals surface area (Å²) >= 11 is 0. The van der Waals surface area contributed by atoms with Gasteiger partial charge in [0, 0.05) is 13.1 Å². The van der Waals surface area contributed by atoms with Gasteiger partial charge in [-0.1, -0.05) is 12.8 Å². The van der Waals surface area contributed by atoms with Crippen molar-refractivity contribution in [2.45, 2.75) is 44.9 Å². The van der Waals surface area contributed by atoms with Crippen LogP contribution in [0.15, 0.2) is 0 Å². The summed E-state index contributed by atoms with van der Waals surface area (Å²) < 4.78 is 26.9. The van der Waals surface area contributed by atoms with Crippen LogP contribution in [0.2, 0.25) is 0 Å². The Kier molecular flexibility index (Phi) is 5.38. The molecule has 0 radical (unpaired) electrons. The summed E-state index contributed by atoms with van der Waals surface area (Å²) in [5.74, 6) is 0.830. The lowest BCUT2D eigenvalue weighted by Crippen LogP contribution is -2.40. The van der Waals surface area contributed by atoms with Gasteiger partial charge in [0.25, 0.3) is 0 Å². The second kappa shape index (κ2) is 6.51. The lowest BCUT2D eigenvalue weighted by molar-refractivity contribution is 0.218. The Labute approximate surface area is 129 Å². The van der Waals surface area contributed by atoms with Crippen LogP contribution in [0.5, 0.6) is 0 Å². The Balaban J connectivity index is 0.00000147. The van der Waals surface area contributed by atoms with E-state index in [4.69, 9.17) is 0 Å². The lowest BCUT2D eigenvalue weighted by Gasteiger charge is -2.33. The molecule has 2 saturated heterocycles. The maximum Gasteiger partial charge on any atom is 0.214 e. The van der Waals surface area contributed by atoms with E-state index in [1.165, 1.54) is 12.8 Å². The third-order valence-electron chi connectivity index (χ3n) is 5.38. The normalized spacial score (nSPS) is 27.8. The molecule has 1 aliphatic carbocycles. The van der Waals surface area contributed by atoms with Crippen LogP contribution < -0.4 is 5.32 Å². The minimum Gasteiger partial charge on any atom is -0.317 e. The number of nitrogens with zero attached hydrogens (tertiary/aromatic N) is 1. The van der Waals surface area contributed by atoms with Crippen LogP contribution >= 0.6 is 12.4 Å². The van der Waals surface area contributed by atoms with Gasteiger partial charge in [0.05, 0.1) is 5.75 Å². The molecule has 118 valence electrons. The average Bonchev–Trinajstić information content (AvgIpc) is 3.01. The van der Waals surface area contributed by atoms with E-state index >= 15 is 0 Å². The molecule has 0 amide bonds. The molecule has 0 aromatic rings. The first kappa shape index (κ1) is 16.5. The van der Waals surface area contributed by atoms with Gasteiger partial charge in [-0.25, -0.2) is 12.7 Å². The fourth-order valence-corrected chi connectivity index (χ4v) is 6.06. The van der Waals surface area contributed by atoms with Crippen LogP contribution in [-0.4, -0.2) is 44.7 Å². The zero-order valence-corrected chi connectivity index (χ0v) is 13.8. The highest BCUT2D eigenvalue weighted by Crippen LogP contribution is 2.40. The molecule has 0 aromatic heterocycles. The molecule has 3 aliphatic rings.